The van der Waals surface area contributed by atoms with E-state index >= 15 is 0 Å². The minimum Gasteiger partial charge on any atom is -0.312 e. The number of hydrogen-bond acceptors (Lipinski definition) is 3. The van der Waals surface area contributed by atoms with E-state index in [1.165, 1.54) is 12.1 Å². The van der Waals surface area contributed by atoms with Crippen LogP contribution in [0.3, 0.4) is 0 Å². The first kappa shape index (κ1) is 11.6. The van der Waals surface area contributed by atoms with Crippen LogP contribution in [-0.4, -0.2) is 31.0 Å². The van der Waals surface area contributed by atoms with E-state index in [1.54, 1.807) is 18.2 Å². The van der Waals surface area contributed by atoms with Gasteiger partial charge in [0.05, 0.1) is 4.92 Å². The maximum atomic E-state index is 10.0. The van der Waals surface area contributed by atoms with Crippen LogP contribution in [0, 0.1) is 10.1 Å². The van der Waals surface area contributed by atoms with Gasteiger partial charge in [-0.1, -0.05) is 18.2 Å². The van der Waals surface area contributed by atoms with Gasteiger partial charge < -0.3 is 4.90 Å². The van der Waals surface area contributed by atoms with Crippen LogP contribution in [0.25, 0.3) is 0 Å². The molecule has 0 N–H and O–H groups in total. The van der Waals surface area contributed by atoms with Gasteiger partial charge in [-0.25, -0.2) is 0 Å². The Balaban J connectivity index is 0.000000310. The quantitative estimate of drug-likeness (QED) is 0.491. The molecule has 72 valence electrons. The van der Waals surface area contributed by atoms with E-state index in [-0.39, 0.29) is 5.69 Å². The molecule has 4 nitrogen and oxygen atoms in total. The zero-order valence-corrected chi connectivity index (χ0v) is 8.10. The van der Waals surface area contributed by atoms with Crippen LogP contribution in [0.2, 0.25) is 0 Å². The molecule has 1 aromatic carbocycles. The molecule has 13 heavy (non-hydrogen) atoms. The summed E-state index contributed by atoms with van der Waals surface area (Å²) in [6.45, 7) is 0. The number of hydrogen-bond donors (Lipinski definition) is 0. The fourth-order valence-corrected chi connectivity index (χ4v) is 0.550. The predicted molar refractivity (Wildman–Crippen MR) is 52.7 cm³/mol. The maximum absolute atomic E-state index is 10.0. The van der Waals surface area contributed by atoms with Crippen LogP contribution >= 0.6 is 0 Å². The second-order valence-corrected chi connectivity index (χ2v) is 2.93. The van der Waals surface area contributed by atoms with Gasteiger partial charge in [0, 0.05) is 12.1 Å². The zero-order valence-electron chi connectivity index (χ0n) is 8.10. The Morgan fingerprint density at radius 2 is 1.54 bits per heavy atom. The summed E-state index contributed by atoms with van der Waals surface area (Å²) in [6.07, 6.45) is 0. The van der Waals surface area contributed by atoms with Crippen molar-refractivity contribution in [2.45, 2.75) is 0 Å². The number of nitro benzene ring substituents is 1. The van der Waals surface area contributed by atoms with Crippen molar-refractivity contribution in [3.63, 3.8) is 0 Å². The Labute approximate surface area is 77.9 Å². The van der Waals surface area contributed by atoms with Crippen LogP contribution in [0.1, 0.15) is 0 Å². The van der Waals surface area contributed by atoms with Gasteiger partial charge in [-0.15, -0.1) is 0 Å². The minimum absolute atomic E-state index is 0.137. The number of rotatable bonds is 1. The average Bonchev–Trinajstić information content (AvgIpc) is 2.05. The van der Waals surface area contributed by atoms with Crippen molar-refractivity contribution in [2.75, 3.05) is 21.1 Å². The van der Waals surface area contributed by atoms with Gasteiger partial charge in [-0.2, -0.15) is 0 Å². The molecule has 0 heterocycles. The van der Waals surface area contributed by atoms with E-state index in [0.717, 1.165) is 0 Å². The number of nitrogens with zero attached hydrogens (tertiary/aromatic N) is 2. The van der Waals surface area contributed by atoms with Crippen LogP contribution in [0.5, 0.6) is 0 Å². The van der Waals surface area contributed by atoms with Gasteiger partial charge in [0.15, 0.2) is 0 Å². The molecule has 0 unspecified atom stereocenters. The molecule has 0 spiro atoms. The first-order valence-electron chi connectivity index (χ1n) is 3.84. The predicted octanol–water partition coefficient (Wildman–Crippen LogP) is 1.77. The maximum Gasteiger partial charge on any atom is 0.269 e. The monoisotopic (exact) mass is 182 g/mol. The molecule has 1 rings (SSSR count). The second kappa shape index (κ2) is 6.14. The van der Waals surface area contributed by atoms with Gasteiger partial charge in [-0.3, -0.25) is 10.1 Å². The molecule has 4 heteroatoms. The van der Waals surface area contributed by atoms with Crippen molar-refractivity contribution in [2.24, 2.45) is 0 Å². The molecule has 0 saturated carbocycles. The molecular formula is C9H14N2O2. The molecule has 0 atom stereocenters. The van der Waals surface area contributed by atoms with E-state index in [2.05, 4.69) is 0 Å². The fraction of sp³-hybridized carbons (Fsp3) is 0.333. The summed E-state index contributed by atoms with van der Waals surface area (Å²) in [4.78, 5) is 11.6. The summed E-state index contributed by atoms with van der Waals surface area (Å²) in [5.41, 5.74) is 0.137. The average molecular weight is 182 g/mol. The molecule has 0 aliphatic heterocycles. The van der Waals surface area contributed by atoms with Crippen molar-refractivity contribution < 1.29 is 4.92 Å². The van der Waals surface area contributed by atoms with E-state index in [0.29, 0.717) is 0 Å². The number of benzene rings is 1. The number of nitro groups is 1. The van der Waals surface area contributed by atoms with Gasteiger partial charge in [-0.05, 0) is 21.1 Å². The van der Waals surface area contributed by atoms with E-state index in [9.17, 15) is 10.1 Å². The fourth-order valence-electron chi connectivity index (χ4n) is 0.550. The Bertz CT molecular complexity index is 244. The first-order valence-corrected chi connectivity index (χ1v) is 3.84. The van der Waals surface area contributed by atoms with Crippen LogP contribution in [-0.2, 0) is 0 Å². The Kier molecular flexibility index (Phi) is 5.47. The normalized spacial score (nSPS) is 8.92. The van der Waals surface area contributed by atoms with Crippen molar-refractivity contribution in [3.05, 3.63) is 40.4 Å². The number of para-hydroxylation sites is 1. The second-order valence-electron chi connectivity index (χ2n) is 2.93. The molecular weight excluding hydrogens is 168 g/mol. The minimum atomic E-state index is -0.417. The van der Waals surface area contributed by atoms with Crippen LogP contribution in [0.15, 0.2) is 30.3 Å². The van der Waals surface area contributed by atoms with E-state index in [4.69, 9.17) is 0 Å². The highest BCUT2D eigenvalue weighted by molar-refractivity contribution is 5.27. The van der Waals surface area contributed by atoms with E-state index < -0.39 is 4.92 Å². The standard InChI is InChI=1S/C6H5NO2.C3H9N/c8-7(9)6-4-2-1-3-5-6;1-4(2)3/h1-5H;1-3H3. The van der Waals surface area contributed by atoms with Gasteiger partial charge in [0.1, 0.15) is 0 Å². The molecule has 0 amide bonds. The van der Waals surface area contributed by atoms with Crippen molar-refractivity contribution in [3.8, 4) is 0 Å². The van der Waals surface area contributed by atoms with Crippen molar-refractivity contribution in [1.29, 1.82) is 0 Å². The lowest BCUT2D eigenvalue weighted by Crippen LogP contribution is -1.99. The lowest BCUT2D eigenvalue weighted by Gasteiger charge is -1.90. The third-order valence-electron chi connectivity index (χ3n) is 0.967. The molecule has 0 aliphatic carbocycles. The highest BCUT2D eigenvalue weighted by Crippen LogP contribution is 2.06. The molecule has 0 aromatic heterocycles. The lowest BCUT2D eigenvalue weighted by molar-refractivity contribution is -0.384. The summed E-state index contributed by atoms with van der Waals surface area (Å²) in [5, 5.41) is 10.0. The smallest absolute Gasteiger partial charge is 0.269 e. The first-order chi connectivity index (χ1) is 6.04. The Morgan fingerprint density at radius 3 is 1.77 bits per heavy atom. The Morgan fingerprint density at radius 1 is 1.15 bits per heavy atom. The molecule has 0 bridgehead atoms. The van der Waals surface area contributed by atoms with E-state index in [1.807, 2.05) is 26.0 Å². The highest BCUT2D eigenvalue weighted by Gasteiger charge is 1.98. The molecule has 0 radical (unpaired) electrons. The van der Waals surface area contributed by atoms with Gasteiger partial charge >= 0.3 is 0 Å². The summed E-state index contributed by atoms with van der Waals surface area (Å²) >= 11 is 0. The van der Waals surface area contributed by atoms with Crippen LogP contribution in [0.4, 0.5) is 5.69 Å². The molecule has 0 saturated heterocycles. The zero-order chi connectivity index (χ0) is 10.3. The van der Waals surface area contributed by atoms with Crippen LogP contribution < -0.4 is 0 Å². The van der Waals surface area contributed by atoms with Crippen molar-refractivity contribution in [1.82, 2.24) is 4.90 Å². The third-order valence-corrected chi connectivity index (χ3v) is 0.967. The van der Waals surface area contributed by atoms with Crippen molar-refractivity contribution >= 4 is 5.69 Å². The van der Waals surface area contributed by atoms with Gasteiger partial charge in [0.25, 0.3) is 5.69 Å². The summed E-state index contributed by atoms with van der Waals surface area (Å²) in [7, 11) is 6.00. The Hall–Kier alpha value is -1.42. The summed E-state index contributed by atoms with van der Waals surface area (Å²) in [6, 6.07) is 7.93. The molecule has 0 aliphatic rings. The number of non-ortho nitro benzene ring substituents is 1. The topological polar surface area (TPSA) is 46.4 Å². The largest absolute Gasteiger partial charge is 0.312 e. The molecule has 0 fully saturated rings. The molecule has 1 aromatic rings. The van der Waals surface area contributed by atoms with Gasteiger partial charge in [0.2, 0.25) is 0 Å². The third kappa shape index (κ3) is 6.96. The lowest BCUT2D eigenvalue weighted by atomic mass is 10.3. The summed E-state index contributed by atoms with van der Waals surface area (Å²) < 4.78 is 0. The summed E-state index contributed by atoms with van der Waals surface area (Å²) in [5.74, 6) is 0. The highest BCUT2D eigenvalue weighted by atomic mass is 16.6. The SMILES string of the molecule is CN(C)C.O=[N+]([O-])c1ccccc1.